The number of nitrogens with zero attached hydrogens (tertiary/aromatic N) is 2. The minimum atomic E-state index is 0.333. The molecule has 0 aliphatic rings. The van der Waals surface area contributed by atoms with Crippen LogP contribution in [-0.2, 0) is 11.2 Å². The number of ether oxygens (including phenoxy) is 1. The maximum Gasteiger partial charge on any atom is 0.134 e. The minimum Gasteiger partial charge on any atom is -0.385 e. The van der Waals surface area contributed by atoms with Gasteiger partial charge in [-0.05, 0) is 26.2 Å². The van der Waals surface area contributed by atoms with E-state index in [0.29, 0.717) is 6.04 Å². The van der Waals surface area contributed by atoms with Crippen LogP contribution in [0.4, 0.5) is 11.6 Å². The standard InChI is InChI=1S/C15H28N4O/c1-5-7-13-14(16-9-6-2)17-11-18-15(13)19-12(3)8-10-20-4/h11-12H,5-10H2,1-4H3,(H2,16,17,18,19). The van der Waals surface area contributed by atoms with Gasteiger partial charge in [0.2, 0.25) is 0 Å². The Kier molecular flexibility index (Phi) is 7.95. The lowest BCUT2D eigenvalue weighted by atomic mass is 10.1. The van der Waals surface area contributed by atoms with Gasteiger partial charge in [0, 0.05) is 31.9 Å². The molecule has 2 N–H and O–H groups in total. The van der Waals surface area contributed by atoms with E-state index in [2.05, 4.69) is 41.4 Å². The van der Waals surface area contributed by atoms with Crippen molar-refractivity contribution in [3.63, 3.8) is 0 Å². The predicted octanol–water partition coefficient (Wildman–Crippen LogP) is 3.09. The highest BCUT2D eigenvalue weighted by Gasteiger charge is 2.12. The van der Waals surface area contributed by atoms with E-state index >= 15 is 0 Å². The minimum absolute atomic E-state index is 0.333. The van der Waals surface area contributed by atoms with Crippen molar-refractivity contribution in [1.29, 1.82) is 0 Å². The summed E-state index contributed by atoms with van der Waals surface area (Å²) < 4.78 is 5.12. The Bertz CT molecular complexity index is 384. The Morgan fingerprint density at radius 3 is 2.60 bits per heavy atom. The lowest BCUT2D eigenvalue weighted by molar-refractivity contribution is 0.191. The second-order valence-electron chi connectivity index (χ2n) is 5.05. The van der Waals surface area contributed by atoms with Crippen molar-refractivity contribution in [2.24, 2.45) is 0 Å². The van der Waals surface area contributed by atoms with E-state index in [0.717, 1.165) is 50.5 Å². The van der Waals surface area contributed by atoms with Gasteiger partial charge in [-0.25, -0.2) is 9.97 Å². The van der Waals surface area contributed by atoms with Crippen LogP contribution >= 0.6 is 0 Å². The first-order chi connectivity index (χ1) is 9.72. The van der Waals surface area contributed by atoms with Gasteiger partial charge >= 0.3 is 0 Å². The molecule has 114 valence electrons. The molecule has 1 aromatic heterocycles. The number of hydrogen-bond donors (Lipinski definition) is 2. The molecule has 0 radical (unpaired) electrons. The number of anilines is 2. The molecule has 0 aliphatic carbocycles. The topological polar surface area (TPSA) is 59.1 Å². The van der Waals surface area contributed by atoms with Crippen molar-refractivity contribution < 1.29 is 4.74 Å². The molecule has 5 nitrogen and oxygen atoms in total. The smallest absolute Gasteiger partial charge is 0.134 e. The zero-order chi connectivity index (χ0) is 14.8. The van der Waals surface area contributed by atoms with Crippen LogP contribution in [0.5, 0.6) is 0 Å². The third-order valence-electron chi connectivity index (χ3n) is 3.13. The van der Waals surface area contributed by atoms with Gasteiger partial charge in [0.05, 0.1) is 0 Å². The number of methoxy groups -OCH3 is 1. The van der Waals surface area contributed by atoms with Gasteiger partial charge in [-0.3, -0.25) is 0 Å². The SMILES string of the molecule is CCCNc1ncnc(NC(C)CCOC)c1CCC. The fourth-order valence-electron chi connectivity index (χ4n) is 2.02. The molecule has 0 saturated heterocycles. The zero-order valence-electron chi connectivity index (χ0n) is 13.2. The maximum absolute atomic E-state index is 5.12. The molecule has 1 aromatic rings. The lowest BCUT2D eigenvalue weighted by Gasteiger charge is -2.18. The van der Waals surface area contributed by atoms with Crippen molar-refractivity contribution in [3.8, 4) is 0 Å². The molecule has 0 fully saturated rings. The predicted molar refractivity (Wildman–Crippen MR) is 84.4 cm³/mol. The molecule has 20 heavy (non-hydrogen) atoms. The highest BCUT2D eigenvalue weighted by molar-refractivity contribution is 5.57. The van der Waals surface area contributed by atoms with E-state index in [4.69, 9.17) is 4.74 Å². The molecule has 0 spiro atoms. The molecule has 5 heteroatoms. The van der Waals surface area contributed by atoms with Gasteiger partial charge in [0.1, 0.15) is 18.0 Å². The lowest BCUT2D eigenvalue weighted by Crippen LogP contribution is -2.20. The Labute approximate surface area is 122 Å². The van der Waals surface area contributed by atoms with E-state index in [1.54, 1.807) is 13.4 Å². The Balaban J connectivity index is 2.81. The van der Waals surface area contributed by atoms with Gasteiger partial charge in [-0.1, -0.05) is 20.3 Å². The third-order valence-corrected chi connectivity index (χ3v) is 3.13. The Morgan fingerprint density at radius 1 is 1.20 bits per heavy atom. The summed E-state index contributed by atoms with van der Waals surface area (Å²) in [5.74, 6) is 1.91. The summed E-state index contributed by atoms with van der Waals surface area (Å²) >= 11 is 0. The average Bonchev–Trinajstić information content (AvgIpc) is 2.45. The van der Waals surface area contributed by atoms with Crippen LogP contribution in [0.1, 0.15) is 45.6 Å². The van der Waals surface area contributed by atoms with Crippen molar-refractivity contribution >= 4 is 11.6 Å². The van der Waals surface area contributed by atoms with Crippen LogP contribution in [0.15, 0.2) is 6.33 Å². The molecule has 0 bridgehead atoms. The maximum atomic E-state index is 5.12. The highest BCUT2D eigenvalue weighted by atomic mass is 16.5. The number of hydrogen-bond acceptors (Lipinski definition) is 5. The largest absolute Gasteiger partial charge is 0.385 e. The zero-order valence-corrected chi connectivity index (χ0v) is 13.2. The molecule has 0 saturated carbocycles. The Morgan fingerprint density at radius 2 is 1.95 bits per heavy atom. The molecule has 1 rings (SSSR count). The summed E-state index contributed by atoms with van der Waals surface area (Å²) in [4.78, 5) is 8.79. The van der Waals surface area contributed by atoms with Gasteiger partial charge in [0.25, 0.3) is 0 Å². The van der Waals surface area contributed by atoms with Crippen molar-refractivity contribution in [1.82, 2.24) is 9.97 Å². The van der Waals surface area contributed by atoms with E-state index in [1.807, 2.05) is 0 Å². The van der Waals surface area contributed by atoms with Crippen LogP contribution in [0.25, 0.3) is 0 Å². The van der Waals surface area contributed by atoms with E-state index in [9.17, 15) is 0 Å². The first kappa shape index (κ1) is 16.7. The Hall–Kier alpha value is -1.36. The van der Waals surface area contributed by atoms with Crippen molar-refractivity contribution in [2.75, 3.05) is 30.9 Å². The molecule has 0 amide bonds. The number of aromatic nitrogens is 2. The van der Waals surface area contributed by atoms with E-state index < -0.39 is 0 Å². The number of rotatable bonds is 10. The van der Waals surface area contributed by atoms with Crippen LogP contribution in [-0.4, -0.2) is 36.3 Å². The molecule has 0 aliphatic heterocycles. The summed E-state index contributed by atoms with van der Waals surface area (Å²) in [6.45, 7) is 8.17. The molecule has 1 atom stereocenters. The summed E-state index contributed by atoms with van der Waals surface area (Å²) in [5.41, 5.74) is 1.19. The second-order valence-corrected chi connectivity index (χ2v) is 5.05. The van der Waals surface area contributed by atoms with Gasteiger partial charge in [0.15, 0.2) is 0 Å². The molecule has 1 unspecified atom stereocenters. The normalized spacial score (nSPS) is 12.2. The van der Waals surface area contributed by atoms with Gasteiger partial charge in [-0.2, -0.15) is 0 Å². The van der Waals surface area contributed by atoms with E-state index in [-0.39, 0.29) is 0 Å². The first-order valence-electron chi connectivity index (χ1n) is 7.56. The average molecular weight is 280 g/mol. The van der Waals surface area contributed by atoms with Crippen LogP contribution in [0, 0.1) is 0 Å². The van der Waals surface area contributed by atoms with Crippen LogP contribution < -0.4 is 10.6 Å². The quantitative estimate of drug-likeness (QED) is 0.689. The number of nitrogens with one attached hydrogen (secondary N) is 2. The van der Waals surface area contributed by atoms with Crippen LogP contribution in [0.3, 0.4) is 0 Å². The highest BCUT2D eigenvalue weighted by Crippen LogP contribution is 2.22. The summed E-state index contributed by atoms with van der Waals surface area (Å²) in [7, 11) is 1.73. The molecular weight excluding hydrogens is 252 g/mol. The summed E-state index contributed by atoms with van der Waals surface area (Å²) in [6.07, 6.45) is 5.73. The summed E-state index contributed by atoms with van der Waals surface area (Å²) in [5, 5.41) is 6.86. The fraction of sp³-hybridized carbons (Fsp3) is 0.733. The third kappa shape index (κ3) is 5.33. The second kappa shape index (κ2) is 9.53. The van der Waals surface area contributed by atoms with Crippen molar-refractivity contribution in [3.05, 3.63) is 11.9 Å². The first-order valence-corrected chi connectivity index (χ1v) is 7.56. The van der Waals surface area contributed by atoms with Gasteiger partial charge in [-0.15, -0.1) is 0 Å². The summed E-state index contributed by atoms with van der Waals surface area (Å²) in [6, 6.07) is 0.333. The molecular formula is C15H28N4O. The monoisotopic (exact) mass is 280 g/mol. The van der Waals surface area contributed by atoms with Gasteiger partial charge < -0.3 is 15.4 Å². The fourth-order valence-corrected chi connectivity index (χ4v) is 2.02. The van der Waals surface area contributed by atoms with Crippen LogP contribution in [0.2, 0.25) is 0 Å². The molecule has 1 heterocycles. The molecule has 0 aromatic carbocycles. The van der Waals surface area contributed by atoms with E-state index in [1.165, 1.54) is 5.56 Å². The van der Waals surface area contributed by atoms with Crippen molar-refractivity contribution in [2.45, 2.75) is 52.5 Å².